The van der Waals surface area contributed by atoms with E-state index in [1.807, 2.05) is 7.05 Å². The summed E-state index contributed by atoms with van der Waals surface area (Å²) in [7, 11) is 3.35. The molecule has 22 nitrogen and oxygen atoms in total. The summed E-state index contributed by atoms with van der Waals surface area (Å²) < 4.78 is 131. The number of cyclic esters (lactones) is 1. The van der Waals surface area contributed by atoms with Crippen molar-refractivity contribution in [3.8, 4) is 28.7 Å². The molecule has 0 saturated carbocycles. The molecule has 3 N–H and O–H groups in total. The molecule has 96 heavy (non-hydrogen) atoms. The molecular formula is C66H72ClF7N12O10. The fraction of sp³-hybridized carbons (Fsp3) is 0.500. The van der Waals surface area contributed by atoms with Crippen molar-refractivity contribution in [3.63, 3.8) is 0 Å². The summed E-state index contributed by atoms with van der Waals surface area (Å²) in [6, 6.07) is 5.32. The minimum absolute atomic E-state index is 0.00121. The number of aromatic nitrogens is 5. The maximum atomic E-state index is 17.1. The lowest BCUT2D eigenvalue weighted by Gasteiger charge is -2.41. The molecule has 4 fully saturated rings. The lowest BCUT2D eigenvalue weighted by molar-refractivity contribution is -0.173. The number of aliphatic hydroxyl groups excluding tert-OH is 1. The van der Waals surface area contributed by atoms with Gasteiger partial charge in [0.25, 0.3) is 17.4 Å². The molecule has 12 rings (SSSR count). The molecule has 2 aromatic carbocycles. The van der Waals surface area contributed by atoms with E-state index in [1.54, 1.807) is 42.7 Å². The van der Waals surface area contributed by atoms with Crippen LogP contribution < -0.4 is 20.9 Å². The number of halogens is 8. The molecule has 5 atom stereocenters. The van der Waals surface area contributed by atoms with Crippen molar-refractivity contribution in [1.82, 2.24) is 49.0 Å². The molecule has 30 heteroatoms. The van der Waals surface area contributed by atoms with Gasteiger partial charge in [-0.15, -0.1) is 0 Å². The van der Waals surface area contributed by atoms with Gasteiger partial charge in [0.05, 0.1) is 69.4 Å². The van der Waals surface area contributed by atoms with E-state index >= 15 is 8.78 Å². The van der Waals surface area contributed by atoms with Crippen LogP contribution >= 0.6 is 11.6 Å². The minimum atomic E-state index is -4.97. The van der Waals surface area contributed by atoms with Crippen molar-refractivity contribution in [2.24, 2.45) is 5.92 Å². The van der Waals surface area contributed by atoms with Crippen LogP contribution in [0.1, 0.15) is 91.3 Å². The first-order valence-corrected chi connectivity index (χ1v) is 32.2. The maximum Gasteiger partial charge on any atom is 0.418 e. The number of aliphatic hydroxyl groups is 1. The van der Waals surface area contributed by atoms with Crippen LogP contribution in [-0.2, 0) is 55.3 Å². The summed E-state index contributed by atoms with van der Waals surface area (Å²) in [5, 5.41) is 10.1. The Morgan fingerprint density at radius 2 is 1.68 bits per heavy atom. The molecule has 10 heterocycles. The van der Waals surface area contributed by atoms with E-state index in [2.05, 4.69) is 21.4 Å². The second-order valence-electron chi connectivity index (χ2n) is 25.9. The number of pyridine rings is 3. The number of rotatable bonds is 15. The molecule has 5 unspecified atom stereocenters. The smallest absolute Gasteiger partial charge is 0.418 e. The molecule has 0 spiro atoms. The summed E-state index contributed by atoms with van der Waals surface area (Å²) in [4.78, 5) is 98.7. The first kappa shape index (κ1) is 67.6. The lowest BCUT2D eigenvalue weighted by atomic mass is 9.85. The third kappa shape index (κ3) is 12.3. The topological polar surface area (TPSA) is 244 Å². The van der Waals surface area contributed by atoms with Crippen LogP contribution in [0.4, 0.5) is 52.0 Å². The summed E-state index contributed by atoms with van der Waals surface area (Å²) in [5.74, 6) is -7.78. The Bertz CT molecular complexity index is 4260. The number of fused-ring (bicyclic) bond motifs is 6. The Morgan fingerprint density at radius 3 is 2.39 bits per heavy atom. The second-order valence-corrected chi connectivity index (χ2v) is 26.3. The highest BCUT2D eigenvalue weighted by Crippen LogP contribution is 2.47. The number of hydrogen-bond donors (Lipinski definition) is 2. The predicted octanol–water partition coefficient (Wildman–Crippen LogP) is 9.13. The van der Waals surface area contributed by atoms with Gasteiger partial charge in [-0.2, -0.15) is 23.1 Å². The van der Waals surface area contributed by atoms with Gasteiger partial charge in [0.1, 0.15) is 42.8 Å². The highest BCUT2D eigenvalue weighted by atomic mass is 35.5. The third-order valence-corrected chi connectivity index (χ3v) is 20.0. The number of aryl methyl sites for hydroxylation is 2. The van der Waals surface area contributed by atoms with Crippen molar-refractivity contribution in [1.29, 1.82) is 0 Å². The maximum absolute atomic E-state index is 17.1. The number of likely N-dealkylation sites (N-methyl/N-ethyl adjacent to an activating group) is 2. The number of anilines is 2. The van der Waals surface area contributed by atoms with Crippen molar-refractivity contribution in [2.45, 2.75) is 122 Å². The Kier molecular flexibility index (Phi) is 18.2. The SMILES string of the molecule is C=C(COC(=O)N1CCCC1CN(C)C(=O)OC1(CC)C(=O)OCc2c1cc1n(c2=O)Cc2c-1nc1cc(F)c(C)cc1c2CN1CCC(F)(F)C(CO)C1)C(=O)N1CCN(c2nc(OCC3CCCN3C)nc3c(F)c(-c4nc(N)cc(C)c4C(F)(F)F)c(Cl)cc23)C(C)C1. The van der Waals surface area contributed by atoms with Crippen molar-refractivity contribution in [2.75, 3.05) is 96.9 Å². The van der Waals surface area contributed by atoms with Crippen molar-refractivity contribution < 1.29 is 74.0 Å². The number of nitrogen functional groups attached to an aromatic ring is 1. The van der Waals surface area contributed by atoms with E-state index in [9.17, 15) is 51.0 Å². The molecule has 512 valence electrons. The summed E-state index contributed by atoms with van der Waals surface area (Å²) in [6.07, 6.45) is -4.78. The summed E-state index contributed by atoms with van der Waals surface area (Å²) in [5.41, 5.74) is 2.12. The number of nitrogens with zero attached hydrogens (tertiary/aromatic N) is 11. The van der Waals surface area contributed by atoms with E-state index in [1.165, 1.54) is 45.4 Å². The zero-order chi connectivity index (χ0) is 68.8. The quantitative estimate of drug-likeness (QED) is 0.0420. The molecule has 6 aliphatic rings. The first-order chi connectivity index (χ1) is 45.5. The van der Waals surface area contributed by atoms with Gasteiger partial charge in [-0.1, -0.05) is 25.1 Å². The number of carbonyl (C=O) groups is 4. The number of nitrogens with two attached hydrogens (primary N) is 1. The number of carbonyl (C=O) groups excluding carboxylic acids is 4. The van der Waals surface area contributed by atoms with E-state index in [0.29, 0.717) is 34.9 Å². The number of piperazine rings is 1. The van der Waals surface area contributed by atoms with Gasteiger partial charge in [-0.05, 0) is 107 Å². The Hall–Kier alpha value is -8.41. The monoisotopic (exact) mass is 1360 g/mol. The van der Waals surface area contributed by atoms with Crippen LogP contribution in [0.3, 0.4) is 0 Å². The molecule has 0 aliphatic carbocycles. The number of piperidine rings is 1. The lowest BCUT2D eigenvalue weighted by Crippen LogP contribution is -2.54. The van der Waals surface area contributed by atoms with E-state index in [4.69, 9.17) is 46.3 Å². The summed E-state index contributed by atoms with van der Waals surface area (Å²) >= 11 is 6.72. The number of benzene rings is 2. The first-order valence-electron chi connectivity index (χ1n) is 31.8. The summed E-state index contributed by atoms with van der Waals surface area (Å²) in [6.45, 7) is 9.65. The van der Waals surface area contributed by atoms with Crippen molar-refractivity contribution in [3.05, 3.63) is 108 Å². The van der Waals surface area contributed by atoms with E-state index < -0.39 is 125 Å². The largest absolute Gasteiger partial charge is 0.462 e. The average Bonchev–Trinajstić information content (AvgIpc) is 1.42. The van der Waals surface area contributed by atoms with Gasteiger partial charge in [-0.3, -0.25) is 14.5 Å². The average molecular weight is 1360 g/mol. The zero-order valence-electron chi connectivity index (χ0n) is 53.7. The number of esters is 1. The van der Waals surface area contributed by atoms with Crippen LogP contribution in [0.5, 0.6) is 6.01 Å². The fourth-order valence-electron chi connectivity index (χ4n) is 14.4. The highest BCUT2D eigenvalue weighted by Gasteiger charge is 2.52. The standard InChI is InChI=1S/C66H72ClF7N12O10/c1-8-64(45-22-49-54-43(28-86(49)59(89)44(45)32-93-60(64)90)42(40-19-33(2)47(68)23-48(40)76-54)27-82-16-13-65(70,71)37(25-82)29-87)96-62(91)81(7)26-38-11-10-15-85(38)63(92)95-30-35(4)58(88)83-17-18-84(36(5)24-83)57-41-21-46(67)51(56-52(66(72,73)74)34(3)20-50(75)77-56)53(69)55(41)78-61(79-57)94-31-39-12-9-14-80(39)6/h19-23,36-39,87H,4,8-18,24-32H2,1-3,5-7H3,(H2,75,77). The molecule has 4 aromatic heterocycles. The van der Waals surface area contributed by atoms with Gasteiger partial charge >= 0.3 is 30.3 Å². The van der Waals surface area contributed by atoms with Crippen molar-refractivity contribution >= 4 is 69.1 Å². The van der Waals surface area contributed by atoms with Gasteiger partial charge in [0.15, 0.2) is 5.82 Å². The molecular weight excluding hydrogens is 1290 g/mol. The van der Waals surface area contributed by atoms with Crippen LogP contribution in [0, 0.1) is 31.4 Å². The van der Waals surface area contributed by atoms with Gasteiger partial charge < -0.3 is 58.9 Å². The zero-order valence-corrected chi connectivity index (χ0v) is 54.4. The predicted molar refractivity (Wildman–Crippen MR) is 338 cm³/mol. The van der Waals surface area contributed by atoms with E-state index in [0.717, 1.165) is 25.5 Å². The molecule has 0 bridgehead atoms. The molecule has 0 radical (unpaired) electrons. The third-order valence-electron chi connectivity index (χ3n) is 19.7. The Morgan fingerprint density at radius 1 is 0.927 bits per heavy atom. The molecule has 4 saturated heterocycles. The van der Waals surface area contributed by atoms with Gasteiger partial charge in [-0.25, -0.2) is 41.9 Å². The minimum Gasteiger partial charge on any atom is -0.462 e. The normalized spacial score (nSPS) is 21.9. The molecule has 6 aromatic rings. The second kappa shape index (κ2) is 25.9. The molecule has 6 aliphatic heterocycles. The van der Waals surface area contributed by atoms with Gasteiger partial charge in [0.2, 0.25) is 5.60 Å². The number of alkyl halides is 5. The highest BCUT2D eigenvalue weighted by molar-refractivity contribution is 6.34. The van der Waals surface area contributed by atoms with Gasteiger partial charge in [0, 0.05) is 111 Å². The number of hydrogen-bond acceptors (Lipinski definition) is 18. The van der Waals surface area contributed by atoms with E-state index in [-0.39, 0.29) is 146 Å². The Labute approximate surface area is 551 Å². The van der Waals surface area contributed by atoms with Crippen LogP contribution in [0.2, 0.25) is 5.02 Å². The number of amides is 3. The fourth-order valence-corrected chi connectivity index (χ4v) is 14.6. The van der Waals surface area contributed by atoms with Crippen LogP contribution in [-0.4, -0.2) is 188 Å². The number of likely N-dealkylation sites (tertiary alicyclic amines) is 3. The van der Waals surface area contributed by atoms with Crippen LogP contribution in [0.15, 0.2) is 47.3 Å². The van der Waals surface area contributed by atoms with Crippen LogP contribution in [0.25, 0.3) is 44.5 Å². The Balaban J connectivity index is 0.718. The molecule has 3 amide bonds. The number of ether oxygens (including phenoxy) is 4.